The average molecular weight is 297 g/mol. The highest BCUT2D eigenvalue weighted by Crippen LogP contribution is 2.02. The third-order valence-corrected chi connectivity index (χ3v) is 2.58. The molecule has 0 amide bonds. The van der Waals surface area contributed by atoms with Crippen LogP contribution in [0.4, 0.5) is 0 Å². The minimum Gasteiger partial charge on any atom is -0.325 e. The third kappa shape index (κ3) is 2.17. The number of alkyl halides is 1. The van der Waals surface area contributed by atoms with E-state index in [1.165, 1.54) is 11.6 Å². The van der Waals surface area contributed by atoms with Gasteiger partial charge in [-0.3, -0.25) is 14.3 Å². The summed E-state index contributed by atoms with van der Waals surface area (Å²) in [5, 5.41) is 0.777. The Morgan fingerprint density at radius 1 is 1.41 bits per heavy atom. The van der Waals surface area contributed by atoms with Crippen LogP contribution in [-0.2, 0) is 7.05 Å². The van der Waals surface area contributed by atoms with Crippen LogP contribution >= 0.6 is 15.9 Å². The van der Waals surface area contributed by atoms with Crippen molar-refractivity contribution in [2.24, 2.45) is 7.05 Å². The maximum atomic E-state index is 11.5. The van der Waals surface area contributed by atoms with E-state index in [4.69, 9.17) is 0 Å². The van der Waals surface area contributed by atoms with E-state index in [2.05, 4.69) is 42.7 Å². The van der Waals surface area contributed by atoms with Gasteiger partial charge in [-0.05, 0) is 5.92 Å². The van der Waals surface area contributed by atoms with Gasteiger partial charge in [0.2, 0.25) is 0 Å². The molecule has 17 heavy (non-hydrogen) atoms. The lowest BCUT2D eigenvalue weighted by Crippen LogP contribution is -2.28. The molecule has 0 aliphatic carbocycles. The number of aromatic nitrogens is 4. The zero-order valence-corrected chi connectivity index (χ0v) is 10.6. The molecule has 0 saturated heterocycles. The van der Waals surface area contributed by atoms with Crippen LogP contribution in [-0.4, -0.2) is 24.8 Å². The van der Waals surface area contributed by atoms with Gasteiger partial charge < -0.3 is 4.98 Å². The summed E-state index contributed by atoms with van der Waals surface area (Å²) < 4.78 is 1.27. The highest BCUT2D eigenvalue weighted by Gasteiger charge is 2.08. The fraction of sp³-hybridized carbons (Fsp3) is 0.300. The molecule has 2 rings (SSSR count). The number of hydrogen-bond acceptors (Lipinski definition) is 3. The molecule has 0 unspecified atom stereocenters. The molecule has 0 aromatic carbocycles. The van der Waals surface area contributed by atoms with E-state index in [-0.39, 0.29) is 5.52 Å². The van der Waals surface area contributed by atoms with Crippen molar-refractivity contribution in [3.05, 3.63) is 26.7 Å². The summed E-state index contributed by atoms with van der Waals surface area (Å²) >= 11 is 3.26. The predicted molar refractivity (Wildman–Crippen MR) is 67.2 cm³/mol. The van der Waals surface area contributed by atoms with Crippen LogP contribution in [0.25, 0.3) is 11.2 Å². The van der Waals surface area contributed by atoms with Gasteiger partial charge in [0.05, 0.1) is 0 Å². The Morgan fingerprint density at radius 2 is 2.18 bits per heavy atom. The number of H-pyrrole nitrogens is 2. The largest absolute Gasteiger partial charge is 0.329 e. The molecule has 2 aromatic rings. The van der Waals surface area contributed by atoms with Gasteiger partial charge in [-0.1, -0.05) is 21.9 Å². The van der Waals surface area contributed by atoms with Gasteiger partial charge in [0, 0.05) is 18.8 Å². The fourth-order valence-corrected chi connectivity index (χ4v) is 1.56. The number of aromatic amines is 2. The minimum absolute atomic E-state index is 0.259. The van der Waals surface area contributed by atoms with Crippen LogP contribution in [0.5, 0.6) is 0 Å². The van der Waals surface area contributed by atoms with Crippen molar-refractivity contribution in [3.63, 3.8) is 0 Å². The predicted octanol–water partition coefficient (Wildman–Crippen LogP) is 0.0864. The number of hydrogen-bond donors (Lipinski definition) is 2. The summed E-state index contributed by atoms with van der Waals surface area (Å²) in [5.41, 5.74) is -0.407. The zero-order valence-electron chi connectivity index (χ0n) is 9.00. The number of nitrogens with one attached hydrogen (secondary N) is 2. The molecule has 0 bridgehead atoms. The molecule has 0 aliphatic rings. The van der Waals surface area contributed by atoms with Gasteiger partial charge in [0.15, 0.2) is 17.0 Å². The lowest BCUT2D eigenvalue weighted by atomic mass is 10.4. The smallest absolute Gasteiger partial charge is 0.325 e. The lowest BCUT2D eigenvalue weighted by molar-refractivity contribution is 0.832. The first kappa shape index (κ1) is 11.7. The van der Waals surface area contributed by atoms with Crippen LogP contribution in [0, 0.1) is 11.8 Å². The molecule has 0 radical (unpaired) electrons. The van der Waals surface area contributed by atoms with E-state index >= 15 is 0 Å². The summed E-state index contributed by atoms with van der Waals surface area (Å²) in [6.45, 7) is 0. The molecule has 88 valence electrons. The molecule has 0 atom stereocenters. The van der Waals surface area contributed by atoms with Crippen molar-refractivity contribution in [2.45, 2.75) is 6.42 Å². The number of nitrogens with zero attached hydrogens (tertiary/aromatic N) is 2. The van der Waals surface area contributed by atoms with Gasteiger partial charge in [0.1, 0.15) is 0 Å². The molecule has 2 heterocycles. The summed E-state index contributed by atoms with van der Waals surface area (Å²) in [4.78, 5) is 31.9. The molecule has 0 fully saturated rings. The number of fused-ring (bicyclic) bond motifs is 1. The Bertz CT molecular complexity index is 729. The molecule has 0 spiro atoms. The Labute approximate surface area is 104 Å². The van der Waals surface area contributed by atoms with Crippen LogP contribution in [0.3, 0.4) is 0 Å². The first-order valence-electron chi connectivity index (χ1n) is 4.87. The maximum absolute atomic E-state index is 11.5. The molecule has 0 saturated carbocycles. The lowest BCUT2D eigenvalue weighted by Gasteiger charge is -1.94. The van der Waals surface area contributed by atoms with E-state index < -0.39 is 11.2 Å². The second kappa shape index (κ2) is 4.59. The number of imidazole rings is 1. The standard InChI is InChI=1S/C10H9BrN4O2/c1-15-8-7(9(16)14-10(15)17)12-6(13-8)4-2-3-5-11/h3,5H2,1H3,(H,12,13)(H,14,16,17). The van der Waals surface area contributed by atoms with Gasteiger partial charge in [0.25, 0.3) is 5.56 Å². The quantitative estimate of drug-likeness (QED) is 0.578. The van der Waals surface area contributed by atoms with E-state index in [1.807, 2.05) is 0 Å². The van der Waals surface area contributed by atoms with Gasteiger partial charge in [-0.2, -0.15) is 0 Å². The maximum Gasteiger partial charge on any atom is 0.329 e. The fourth-order valence-electron chi connectivity index (χ4n) is 1.36. The van der Waals surface area contributed by atoms with E-state index in [1.54, 1.807) is 0 Å². The normalized spacial score (nSPS) is 10.2. The Morgan fingerprint density at radius 3 is 2.88 bits per heavy atom. The van der Waals surface area contributed by atoms with Crippen molar-refractivity contribution in [3.8, 4) is 11.8 Å². The van der Waals surface area contributed by atoms with Crippen LogP contribution < -0.4 is 11.2 Å². The molecule has 7 heteroatoms. The SMILES string of the molecule is Cn1c(=O)[nH]c(=O)c2[nH]c(C#CCCBr)nc21. The van der Waals surface area contributed by atoms with Crippen LogP contribution in [0.2, 0.25) is 0 Å². The summed E-state index contributed by atoms with van der Waals surface area (Å²) in [5.74, 6) is 6.05. The van der Waals surface area contributed by atoms with Gasteiger partial charge in [-0.25, -0.2) is 9.78 Å². The zero-order chi connectivity index (χ0) is 12.4. The van der Waals surface area contributed by atoms with Crippen molar-refractivity contribution in [1.29, 1.82) is 0 Å². The molecule has 0 aliphatic heterocycles. The van der Waals surface area contributed by atoms with E-state index in [0.29, 0.717) is 17.9 Å². The molecule has 2 N–H and O–H groups in total. The Balaban J connectivity index is 2.63. The van der Waals surface area contributed by atoms with E-state index in [9.17, 15) is 9.59 Å². The first-order valence-corrected chi connectivity index (χ1v) is 5.99. The number of aryl methyl sites for hydroxylation is 1. The number of rotatable bonds is 1. The molecule has 2 aromatic heterocycles. The summed E-state index contributed by atoms with van der Waals surface area (Å²) in [6, 6.07) is 0. The first-order chi connectivity index (χ1) is 8.13. The third-order valence-electron chi connectivity index (χ3n) is 2.18. The second-order valence-electron chi connectivity index (χ2n) is 3.34. The van der Waals surface area contributed by atoms with Crippen molar-refractivity contribution >= 4 is 27.1 Å². The number of halogens is 1. The summed E-state index contributed by atoms with van der Waals surface area (Å²) in [7, 11) is 1.54. The highest BCUT2D eigenvalue weighted by atomic mass is 79.9. The minimum atomic E-state index is -0.492. The molecule has 6 nitrogen and oxygen atoms in total. The highest BCUT2D eigenvalue weighted by molar-refractivity contribution is 9.09. The second-order valence-corrected chi connectivity index (χ2v) is 4.14. The summed E-state index contributed by atoms with van der Waals surface area (Å²) in [6.07, 6.45) is 0.687. The van der Waals surface area contributed by atoms with Gasteiger partial charge >= 0.3 is 5.69 Å². The molecular formula is C10H9BrN4O2. The Kier molecular flexibility index (Phi) is 3.15. The van der Waals surface area contributed by atoms with Crippen LogP contribution in [0.15, 0.2) is 9.59 Å². The van der Waals surface area contributed by atoms with Gasteiger partial charge in [-0.15, -0.1) is 0 Å². The van der Waals surface area contributed by atoms with Crippen molar-refractivity contribution in [1.82, 2.24) is 19.5 Å². The average Bonchev–Trinajstić information content (AvgIpc) is 2.71. The monoisotopic (exact) mass is 296 g/mol. The van der Waals surface area contributed by atoms with E-state index in [0.717, 1.165) is 5.33 Å². The molecular weight excluding hydrogens is 288 g/mol. The van der Waals surface area contributed by atoms with Crippen LogP contribution in [0.1, 0.15) is 12.2 Å². The topological polar surface area (TPSA) is 83.5 Å². The van der Waals surface area contributed by atoms with Crippen molar-refractivity contribution < 1.29 is 0 Å². The van der Waals surface area contributed by atoms with Crippen molar-refractivity contribution in [2.75, 3.05) is 5.33 Å². The Hall–Kier alpha value is -1.81.